The molecule has 112 valence electrons. The van der Waals surface area contributed by atoms with Gasteiger partial charge in [-0.05, 0) is 12.1 Å². The van der Waals surface area contributed by atoms with Crippen LogP contribution in [-0.4, -0.2) is 49.0 Å². The summed E-state index contributed by atoms with van der Waals surface area (Å²) in [5.41, 5.74) is -0.756. The predicted molar refractivity (Wildman–Crippen MR) is 61.6 cm³/mol. The fraction of sp³-hybridized carbons (Fsp3) is 0.300. The molecule has 0 amide bonds. The van der Waals surface area contributed by atoms with Crippen LogP contribution in [0.1, 0.15) is 10.4 Å². The Labute approximate surface area is 112 Å². The Morgan fingerprint density at radius 3 is 2.25 bits per heavy atom. The van der Waals surface area contributed by atoms with Crippen LogP contribution in [0, 0.1) is 11.6 Å². The standard InChI is InChI=1S/C10H11F2NO6S/c11-7-1-5(10(16)17)2-8(9(7)12)20(18,19)13-6(3-14)4-15/h1-2,6,13-15H,3-4H2,(H,16,17). The molecule has 4 N–H and O–H groups in total. The Balaban J connectivity index is 3.34. The maximum absolute atomic E-state index is 13.5. The van der Waals surface area contributed by atoms with Crippen LogP contribution in [0.2, 0.25) is 0 Å². The molecule has 0 aliphatic carbocycles. The van der Waals surface area contributed by atoms with E-state index in [-0.39, 0.29) is 0 Å². The van der Waals surface area contributed by atoms with Gasteiger partial charge in [0, 0.05) is 0 Å². The zero-order valence-electron chi connectivity index (χ0n) is 9.88. The van der Waals surface area contributed by atoms with Gasteiger partial charge < -0.3 is 15.3 Å². The summed E-state index contributed by atoms with van der Waals surface area (Å²) >= 11 is 0. The summed E-state index contributed by atoms with van der Waals surface area (Å²) in [6.07, 6.45) is 0. The Morgan fingerprint density at radius 1 is 1.25 bits per heavy atom. The minimum Gasteiger partial charge on any atom is -0.478 e. The number of hydrogen-bond donors (Lipinski definition) is 4. The Morgan fingerprint density at radius 2 is 1.80 bits per heavy atom. The van der Waals surface area contributed by atoms with Crippen molar-refractivity contribution >= 4 is 16.0 Å². The SMILES string of the molecule is O=C(O)c1cc(F)c(F)c(S(=O)(=O)NC(CO)CO)c1. The van der Waals surface area contributed by atoms with Crippen molar-refractivity contribution in [2.24, 2.45) is 0 Å². The Kier molecular flexibility index (Phi) is 5.11. The number of aliphatic hydroxyl groups excluding tert-OH is 2. The van der Waals surface area contributed by atoms with E-state index in [1.54, 1.807) is 4.72 Å². The van der Waals surface area contributed by atoms with Gasteiger partial charge in [-0.3, -0.25) is 0 Å². The molecule has 0 radical (unpaired) electrons. The first-order valence-electron chi connectivity index (χ1n) is 5.19. The lowest BCUT2D eigenvalue weighted by Gasteiger charge is -2.14. The molecule has 0 aromatic heterocycles. The van der Waals surface area contributed by atoms with Crippen molar-refractivity contribution in [3.05, 3.63) is 29.3 Å². The number of sulfonamides is 1. The van der Waals surface area contributed by atoms with E-state index in [0.717, 1.165) is 0 Å². The van der Waals surface area contributed by atoms with Gasteiger partial charge in [-0.15, -0.1) is 0 Å². The summed E-state index contributed by atoms with van der Waals surface area (Å²) in [6, 6.07) is -0.544. The summed E-state index contributed by atoms with van der Waals surface area (Å²) in [6.45, 7) is -1.56. The number of carbonyl (C=O) groups is 1. The fourth-order valence-corrected chi connectivity index (χ4v) is 2.63. The van der Waals surface area contributed by atoms with Crippen molar-refractivity contribution in [1.82, 2.24) is 4.72 Å². The Bertz CT molecular complexity index is 614. The zero-order valence-corrected chi connectivity index (χ0v) is 10.7. The van der Waals surface area contributed by atoms with Gasteiger partial charge >= 0.3 is 5.97 Å². The average molecular weight is 311 g/mol. The first-order valence-corrected chi connectivity index (χ1v) is 6.67. The molecule has 7 nitrogen and oxygen atoms in total. The van der Waals surface area contributed by atoms with E-state index in [9.17, 15) is 22.0 Å². The van der Waals surface area contributed by atoms with E-state index in [4.69, 9.17) is 15.3 Å². The second-order valence-corrected chi connectivity index (χ2v) is 5.44. The van der Waals surface area contributed by atoms with Crippen molar-refractivity contribution < 1.29 is 37.3 Å². The van der Waals surface area contributed by atoms with E-state index in [1.165, 1.54) is 0 Å². The minimum atomic E-state index is -4.64. The molecule has 0 saturated carbocycles. The summed E-state index contributed by atoms with van der Waals surface area (Å²) in [7, 11) is -4.64. The van der Waals surface area contributed by atoms with Gasteiger partial charge in [0.15, 0.2) is 11.6 Å². The molecule has 0 unspecified atom stereocenters. The van der Waals surface area contributed by atoms with Crippen molar-refractivity contribution in [2.45, 2.75) is 10.9 Å². The highest BCUT2D eigenvalue weighted by Crippen LogP contribution is 2.20. The molecular weight excluding hydrogens is 300 g/mol. The first kappa shape index (κ1) is 16.4. The van der Waals surface area contributed by atoms with Crippen LogP contribution in [0.25, 0.3) is 0 Å². The van der Waals surface area contributed by atoms with Crippen LogP contribution < -0.4 is 4.72 Å². The zero-order chi connectivity index (χ0) is 15.5. The topological polar surface area (TPSA) is 124 Å². The smallest absolute Gasteiger partial charge is 0.335 e. The number of rotatable bonds is 6. The van der Waals surface area contributed by atoms with Gasteiger partial charge in [0.1, 0.15) is 4.90 Å². The number of aliphatic hydroxyl groups is 2. The monoisotopic (exact) mass is 311 g/mol. The van der Waals surface area contributed by atoms with Crippen LogP contribution in [0.15, 0.2) is 17.0 Å². The molecule has 1 aromatic carbocycles. The van der Waals surface area contributed by atoms with E-state index < -0.39 is 57.3 Å². The molecule has 0 heterocycles. The molecule has 0 aliphatic rings. The van der Waals surface area contributed by atoms with E-state index >= 15 is 0 Å². The lowest BCUT2D eigenvalue weighted by atomic mass is 10.2. The largest absolute Gasteiger partial charge is 0.478 e. The highest BCUT2D eigenvalue weighted by atomic mass is 32.2. The number of benzene rings is 1. The summed E-state index contributed by atoms with van der Waals surface area (Å²) in [5.74, 6) is -5.03. The molecule has 0 spiro atoms. The number of carboxylic acid groups (broad SMARTS) is 1. The molecule has 1 rings (SSSR count). The fourth-order valence-electron chi connectivity index (χ4n) is 1.30. The lowest BCUT2D eigenvalue weighted by molar-refractivity contribution is 0.0696. The van der Waals surface area contributed by atoms with Crippen LogP contribution in [0.5, 0.6) is 0 Å². The van der Waals surface area contributed by atoms with Crippen molar-refractivity contribution in [1.29, 1.82) is 0 Å². The molecule has 0 bridgehead atoms. The number of nitrogens with one attached hydrogen (secondary N) is 1. The summed E-state index contributed by atoms with van der Waals surface area (Å²) in [4.78, 5) is 9.47. The molecule has 0 fully saturated rings. The molecular formula is C10H11F2NO6S. The van der Waals surface area contributed by atoms with Crippen LogP contribution in [-0.2, 0) is 10.0 Å². The first-order chi connectivity index (χ1) is 9.22. The maximum atomic E-state index is 13.5. The minimum absolute atomic E-state index is 0.340. The maximum Gasteiger partial charge on any atom is 0.335 e. The molecule has 20 heavy (non-hydrogen) atoms. The van der Waals surface area contributed by atoms with Gasteiger partial charge in [-0.1, -0.05) is 0 Å². The highest BCUT2D eigenvalue weighted by molar-refractivity contribution is 7.89. The predicted octanol–water partition coefficient (Wildman–Crippen LogP) is -0.705. The average Bonchev–Trinajstić information content (AvgIpc) is 2.38. The normalized spacial score (nSPS) is 11.8. The molecule has 0 atom stereocenters. The molecule has 0 aliphatic heterocycles. The third kappa shape index (κ3) is 3.48. The molecule has 10 heteroatoms. The lowest BCUT2D eigenvalue weighted by Crippen LogP contribution is -2.40. The third-order valence-electron chi connectivity index (χ3n) is 2.29. The van der Waals surface area contributed by atoms with Crippen LogP contribution in [0.4, 0.5) is 8.78 Å². The number of carboxylic acids is 1. The third-order valence-corrected chi connectivity index (χ3v) is 3.81. The second-order valence-electron chi connectivity index (χ2n) is 3.76. The highest BCUT2D eigenvalue weighted by Gasteiger charge is 2.26. The Hall–Kier alpha value is -1.62. The van der Waals surface area contributed by atoms with Gasteiger partial charge in [0.2, 0.25) is 10.0 Å². The summed E-state index contributed by atoms with van der Waals surface area (Å²) in [5, 5.41) is 26.2. The van der Waals surface area contributed by atoms with Gasteiger partial charge in [-0.25, -0.2) is 26.7 Å². The van der Waals surface area contributed by atoms with Crippen LogP contribution in [0.3, 0.4) is 0 Å². The molecule has 0 saturated heterocycles. The summed E-state index contributed by atoms with van der Waals surface area (Å²) < 4.78 is 52.0. The number of hydrogen-bond acceptors (Lipinski definition) is 5. The van der Waals surface area contributed by atoms with E-state index in [0.29, 0.717) is 12.1 Å². The second kappa shape index (κ2) is 6.22. The van der Waals surface area contributed by atoms with Gasteiger partial charge in [-0.2, -0.15) is 0 Å². The van der Waals surface area contributed by atoms with Crippen molar-refractivity contribution in [2.75, 3.05) is 13.2 Å². The van der Waals surface area contributed by atoms with E-state index in [2.05, 4.69) is 0 Å². The van der Waals surface area contributed by atoms with Gasteiger partial charge in [0.25, 0.3) is 0 Å². The van der Waals surface area contributed by atoms with Crippen molar-refractivity contribution in [3.8, 4) is 0 Å². The quantitative estimate of drug-likeness (QED) is 0.550. The van der Waals surface area contributed by atoms with Crippen LogP contribution >= 0.6 is 0 Å². The van der Waals surface area contributed by atoms with Gasteiger partial charge in [0.05, 0.1) is 24.8 Å². The van der Waals surface area contributed by atoms with Crippen molar-refractivity contribution in [3.63, 3.8) is 0 Å². The number of halogens is 2. The number of aromatic carboxylic acids is 1. The van der Waals surface area contributed by atoms with E-state index in [1.807, 2.05) is 0 Å². The molecule has 1 aromatic rings.